The number of hydrogen-bond donors (Lipinski definition) is 2. The molecule has 0 spiro atoms. The zero-order chi connectivity index (χ0) is 16.2. The number of benzene rings is 1. The molecular weight excluding hydrogens is 316 g/mol. The molecule has 0 radical (unpaired) electrons. The summed E-state index contributed by atoms with van der Waals surface area (Å²) in [4.78, 5) is 29.1. The third kappa shape index (κ3) is 3.65. The van der Waals surface area contributed by atoms with Crippen molar-refractivity contribution < 1.29 is 14.7 Å². The second kappa shape index (κ2) is 6.74. The van der Waals surface area contributed by atoms with Crippen LogP contribution in [0, 0.1) is 5.92 Å². The van der Waals surface area contributed by atoms with Gasteiger partial charge in [-0.05, 0) is 12.8 Å². The quantitative estimate of drug-likeness (QED) is 0.900. The van der Waals surface area contributed by atoms with E-state index in [4.69, 9.17) is 5.11 Å². The van der Waals surface area contributed by atoms with E-state index >= 15 is 0 Å². The number of urea groups is 1. The SMILES string of the molecule is O=C(O)C1CCCN(C(=O)Nc2nc(-c3ccccc3)ns2)C1. The Balaban J connectivity index is 1.64. The van der Waals surface area contributed by atoms with E-state index < -0.39 is 11.9 Å². The summed E-state index contributed by atoms with van der Waals surface area (Å²) in [5.41, 5.74) is 0.883. The van der Waals surface area contributed by atoms with E-state index in [1.807, 2.05) is 30.3 Å². The molecule has 7 nitrogen and oxygen atoms in total. The van der Waals surface area contributed by atoms with Gasteiger partial charge in [0.2, 0.25) is 5.13 Å². The van der Waals surface area contributed by atoms with Crippen LogP contribution in [0.15, 0.2) is 30.3 Å². The van der Waals surface area contributed by atoms with Crippen molar-refractivity contribution >= 4 is 28.7 Å². The molecule has 23 heavy (non-hydrogen) atoms. The van der Waals surface area contributed by atoms with Gasteiger partial charge >= 0.3 is 12.0 Å². The van der Waals surface area contributed by atoms with E-state index in [0.717, 1.165) is 17.1 Å². The van der Waals surface area contributed by atoms with Crippen molar-refractivity contribution in [3.63, 3.8) is 0 Å². The molecule has 2 amide bonds. The van der Waals surface area contributed by atoms with E-state index in [0.29, 0.717) is 30.3 Å². The molecular formula is C15H16N4O3S. The Kier molecular flexibility index (Phi) is 4.52. The second-order valence-corrected chi connectivity index (χ2v) is 6.09. The number of piperidine rings is 1. The van der Waals surface area contributed by atoms with Crippen molar-refractivity contribution in [1.82, 2.24) is 14.3 Å². The third-order valence-corrected chi connectivity index (χ3v) is 4.36. The van der Waals surface area contributed by atoms with Crippen molar-refractivity contribution in [2.24, 2.45) is 5.92 Å². The molecule has 120 valence electrons. The number of hydrogen-bond acceptors (Lipinski definition) is 5. The number of carbonyl (C=O) groups is 2. The summed E-state index contributed by atoms with van der Waals surface area (Å²) in [6.07, 6.45) is 1.30. The number of rotatable bonds is 3. The van der Waals surface area contributed by atoms with E-state index in [1.54, 1.807) is 0 Å². The number of carbonyl (C=O) groups excluding carboxylic acids is 1. The predicted molar refractivity (Wildman–Crippen MR) is 86.3 cm³/mol. The molecule has 3 rings (SSSR count). The van der Waals surface area contributed by atoms with Gasteiger partial charge in [0.1, 0.15) is 0 Å². The summed E-state index contributed by atoms with van der Waals surface area (Å²) >= 11 is 1.11. The van der Waals surface area contributed by atoms with E-state index in [2.05, 4.69) is 14.7 Å². The smallest absolute Gasteiger partial charge is 0.323 e. The van der Waals surface area contributed by atoms with Crippen LogP contribution in [-0.2, 0) is 4.79 Å². The van der Waals surface area contributed by atoms with Crippen molar-refractivity contribution in [2.45, 2.75) is 12.8 Å². The van der Waals surface area contributed by atoms with Crippen LogP contribution in [0.4, 0.5) is 9.93 Å². The fraction of sp³-hybridized carbons (Fsp3) is 0.333. The van der Waals surface area contributed by atoms with Crippen LogP contribution in [0.3, 0.4) is 0 Å². The molecule has 1 saturated heterocycles. The zero-order valence-electron chi connectivity index (χ0n) is 12.3. The highest BCUT2D eigenvalue weighted by molar-refractivity contribution is 7.10. The van der Waals surface area contributed by atoms with Gasteiger partial charge in [-0.3, -0.25) is 10.1 Å². The average molecular weight is 332 g/mol. The maximum absolute atomic E-state index is 12.2. The van der Waals surface area contributed by atoms with Crippen LogP contribution < -0.4 is 5.32 Å². The van der Waals surface area contributed by atoms with E-state index in [1.165, 1.54) is 4.90 Å². The van der Waals surface area contributed by atoms with Gasteiger partial charge in [0.05, 0.1) is 5.92 Å². The molecule has 1 aliphatic rings. The highest BCUT2D eigenvalue weighted by atomic mass is 32.1. The van der Waals surface area contributed by atoms with Crippen LogP contribution in [0.1, 0.15) is 12.8 Å². The minimum Gasteiger partial charge on any atom is -0.481 e. The molecule has 0 aliphatic carbocycles. The van der Waals surface area contributed by atoms with E-state index in [9.17, 15) is 9.59 Å². The van der Waals surface area contributed by atoms with Gasteiger partial charge in [0, 0.05) is 30.2 Å². The average Bonchev–Trinajstić information content (AvgIpc) is 3.04. The van der Waals surface area contributed by atoms with Crippen molar-refractivity contribution in [1.29, 1.82) is 0 Å². The highest BCUT2D eigenvalue weighted by Gasteiger charge is 2.28. The Morgan fingerprint density at radius 2 is 2.09 bits per heavy atom. The zero-order valence-corrected chi connectivity index (χ0v) is 13.1. The number of amides is 2. The van der Waals surface area contributed by atoms with Crippen LogP contribution in [0.25, 0.3) is 11.4 Å². The minimum absolute atomic E-state index is 0.228. The van der Waals surface area contributed by atoms with Gasteiger partial charge in [-0.15, -0.1) is 0 Å². The molecule has 2 heterocycles. The third-order valence-electron chi connectivity index (χ3n) is 3.73. The largest absolute Gasteiger partial charge is 0.481 e. The number of nitrogens with zero attached hydrogens (tertiary/aromatic N) is 3. The van der Waals surface area contributed by atoms with Gasteiger partial charge in [-0.2, -0.15) is 9.36 Å². The van der Waals surface area contributed by atoms with Crippen molar-refractivity contribution in [3.8, 4) is 11.4 Å². The highest BCUT2D eigenvalue weighted by Crippen LogP contribution is 2.22. The number of carboxylic acid groups (broad SMARTS) is 1. The van der Waals surface area contributed by atoms with Crippen LogP contribution in [0.2, 0.25) is 0 Å². The van der Waals surface area contributed by atoms with Gasteiger partial charge in [0.25, 0.3) is 0 Å². The maximum atomic E-state index is 12.2. The lowest BCUT2D eigenvalue weighted by Gasteiger charge is -2.30. The molecule has 0 bridgehead atoms. The Labute approximate surface area is 137 Å². The minimum atomic E-state index is -0.857. The van der Waals surface area contributed by atoms with Gasteiger partial charge < -0.3 is 10.0 Å². The fourth-order valence-electron chi connectivity index (χ4n) is 2.51. The van der Waals surface area contributed by atoms with Crippen molar-refractivity contribution in [2.75, 3.05) is 18.4 Å². The predicted octanol–water partition coefficient (Wildman–Crippen LogP) is 2.53. The topological polar surface area (TPSA) is 95.4 Å². The number of likely N-dealkylation sites (tertiary alicyclic amines) is 1. The molecule has 1 aromatic heterocycles. The molecule has 1 fully saturated rings. The number of nitrogens with one attached hydrogen (secondary N) is 1. The first-order valence-corrected chi connectivity index (χ1v) is 8.08. The summed E-state index contributed by atoms with van der Waals surface area (Å²) in [6.45, 7) is 0.783. The molecule has 1 aromatic carbocycles. The molecule has 1 atom stereocenters. The standard InChI is InChI=1S/C15H16N4O3S/c20-13(21)11-7-4-8-19(9-11)15(22)17-14-16-12(18-23-14)10-5-2-1-3-6-10/h1-3,5-6,11H,4,7-9H2,(H,20,21)(H,16,17,18,22). The number of carboxylic acids is 1. The normalized spacial score (nSPS) is 17.7. The maximum Gasteiger partial charge on any atom is 0.323 e. The lowest BCUT2D eigenvalue weighted by atomic mass is 9.99. The Morgan fingerprint density at radius 1 is 1.30 bits per heavy atom. The number of aliphatic carboxylic acids is 1. The van der Waals surface area contributed by atoms with Gasteiger partial charge in [0.15, 0.2) is 5.82 Å². The molecule has 2 aromatic rings. The van der Waals surface area contributed by atoms with Gasteiger partial charge in [-0.1, -0.05) is 30.3 Å². The summed E-state index contributed by atoms with van der Waals surface area (Å²) in [5.74, 6) is -0.790. The first-order valence-electron chi connectivity index (χ1n) is 7.31. The van der Waals surface area contributed by atoms with Crippen LogP contribution >= 0.6 is 11.5 Å². The first kappa shape index (κ1) is 15.4. The Bertz CT molecular complexity index is 704. The second-order valence-electron chi connectivity index (χ2n) is 5.34. The fourth-order valence-corrected chi connectivity index (χ4v) is 3.09. The molecule has 2 N–H and O–H groups in total. The number of aromatic nitrogens is 2. The summed E-state index contributed by atoms with van der Waals surface area (Å²) in [7, 11) is 0. The van der Waals surface area contributed by atoms with Crippen molar-refractivity contribution in [3.05, 3.63) is 30.3 Å². The van der Waals surface area contributed by atoms with Crippen LogP contribution in [0.5, 0.6) is 0 Å². The van der Waals surface area contributed by atoms with Crippen LogP contribution in [-0.4, -0.2) is 44.5 Å². The molecule has 8 heteroatoms. The summed E-state index contributed by atoms with van der Waals surface area (Å²) in [6, 6.07) is 9.17. The molecule has 1 aliphatic heterocycles. The summed E-state index contributed by atoms with van der Waals surface area (Å²) in [5, 5.41) is 12.2. The monoisotopic (exact) mass is 332 g/mol. The lowest BCUT2D eigenvalue weighted by molar-refractivity contribution is -0.143. The molecule has 0 saturated carbocycles. The lowest BCUT2D eigenvalue weighted by Crippen LogP contribution is -2.44. The number of anilines is 1. The Morgan fingerprint density at radius 3 is 2.83 bits per heavy atom. The first-order chi connectivity index (χ1) is 11.1. The van der Waals surface area contributed by atoms with E-state index in [-0.39, 0.29) is 12.6 Å². The van der Waals surface area contributed by atoms with Gasteiger partial charge in [-0.25, -0.2) is 4.79 Å². The summed E-state index contributed by atoms with van der Waals surface area (Å²) < 4.78 is 4.23. The Hall–Kier alpha value is -2.48. The molecule has 1 unspecified atom stereocenters.